The van der Waals surface area contributed by atoms with Gasteiger partial charge in [-0.1, -0.05) is 12.1 Å². The third kappa shape index (κ3) is 5.10. The van der Waals surface area contributed by atoms with E-state index in [4.69, 9.17) is 15.2 Å². The average Bonchev–Trinajstić information content (AvgIpc) is 3.66. The second kappa shape index (κ2) is 10.7. The zero-order valence-corrected chi connectivity index (χ0v) is 24.8. The monoisotopic (exact) mass is 634 g/mol. The largest absolute Gasteiger partial charge is 0.454 e. The highest BCUT2D eigenvalue weighted by molar-refractivity contribution is 7.91. The van der Waals surface area contributed by atoms with Crippen molar-refractivity contribution in [3.05, 3.63) is 95.3 Å². The summed E-state index contributed by atoms with van der Waals surface area (Å²) in [5.74, 6) is -1.13. The summed E-state index contributed by atoms with van der Waals surface area (Å²) >= 11 is 0. The lowest BCUT2D eigenvalue weighted by Crippen LogP contribution is -2.47. The Morgan fingerprint density at radius 3 is 2.58 bits per heavy atom. The van der Waals surface area contributed by atoms with Gasteiger partial charge in [0.1, 0.15) is 17.4 Å². The zero-order valence-electron chi connectivity index (χ0n) is 24.0. The molecule has 2 fully saturated rings. The van der Waals surface area contributed by atoms with Crippen LogP contribution in [0.4, 0.5) is 20.3 Å². The van der Waals surface area contributed by atoms with Crippen LogP contribution in [0.3, 0.4) is 0 Å². The third-order valence-electron chi connectivity index (χ3n) is 8.25. The molecule has 0 aliphatic carbocycles. The van der Waals surface area contributed by atoms with E-state index < -0.39 is 33.2 Å². The van der Waals surface area contributed by atoms with Crippen molar-refractivity contribution in [2.45, 2.75) is 25.3 Å². The number of nitrogens with one attached hydrogen (secondary N) is 2. The number of fused-ring (bicyclic) bond motifs is 1. The number of aromatic nitrogens is 3. The first-order valence-electron chi connectivity index (χ1n) is 14.2. The molecule has 2 aromatic heterocycles. The van der Waals surface area contributed by atoms with Crippen molar-refractivity contribution in [3.63, 3.8) is 0 Å². The molecule has 1 spiro atoms. The number of aromatic amines is 1. The van der Waals surface area contributed by atoms with Crippen molar-refractivity contribution in [1.29, 1.82) is 0 Å². The quantitative estimate of drug-likeness (QED) is 0.229. The van der Waals surface area contributed by atoms with E-state index in [1.54, 1.807) is 37.3 Å². The van der Waals surface area contributed by atoms with E-state index in [2.05, 4.69) is 14.8 Å². The molecule has 0 radical (unpaired) electrons. The van der Waals surface area contributed by atoms with Gasteiger partial charge in [0.05, 0.1) is 40.9 Å². The standard InChI is InChI=1S/C31H28F2N6O5S/c1-18-12-20(44-28-5-3-2-4-22(28)32)6-7-26(18)39-30(34)21(16-35-39)29(40)25-14-19-13-23(33)27(15-24(19)36-25)38-17-31(37-45(38,41)42)8-10-43-11-9-31/h2-7,12-16,36-37H,8-11,17,34H2,1H3. The van der Waals surface area contributed by atoms with Crippen LogP contribution in [0.15, 0.2) is 66.9 Å². The fourth-order valence-corrected chi connectivity index (χ4v) is 7.61. The number of benzene rings is 3. The zero-order chi connectivity index (χ0) is 31.5. The number of H-pyrrole nitrogens is 1. The molecule has 14 heteroatoms. The summed E-state index contributed by atoms with van der Waals surface area (Å²) < 4.78 is 71.6. The maximum atomic E-state index is 15.3. The number of anilines is 2. The summed E-state index contributed by atoms with van der Waals surface area (Å²) in [7, 11) is -3.99. The molecule has 45 heavy (non-hydrogen) atoms. The van der Waals surface area contributed by atoms with Gasteiger partial charge in [-0.05, 0) is 73.9 Å². The minimum absolute atomic E-state index is 0.0685. The van der Waals surface area contributed by atoms with Gasteiger partial charge in [0.15, 0.2) is 11.6 Å². The topological polar surface area (TPSA) is 145 Å². The van der Waals surface area contributed by atoms with Gasteiger partial charge >= 0.3 is 10.2 Å². The van der Waals surface area contributed by atoms with E-state index in [0.717, 1.165) is 4.31 Å². The summed E-state index contributed by atoms with van der Waals surface area (Å²) in [6, 6.07) is 15.2. The van der Waals surface area contributed by atoms with Crippen LogP contribution in [0.25, 0.3) is 16.6 Å². The van der Waals surface area contributed by atoms with Crippen LogP contribution in [-0.4, -0.2) is 54.3 Å². The molecule has 0 amide bonds. The van der Waals surface area contributed by atoms with E-state index in [0.29, 0.717) is 54.0 Å². The predicted octanol–water partition coefficient (Wildman–Crippen LogP) is 4.75. The molecular weight excluding hydrogens is 606 g/mol. The van der Waals surface area contributed by atoms with E-state index >= 15 is 4.39 Å². The smallest absolute Gasteiger partial charge is 0.302 e. The van der Waals surface area contributed by atoms with Crippen LogP contribution >= 0.6 is 0 Å². The molecule has 3 aromatic carbocycles. The highest BCUT2D eigenvalue weighted by atomic mass is 32.2. The van der Waals surface area contributed by atoms with Gasteiger partial charge < -0.3 is 20.2 Å². The van der Waals surface area contributed by atoms with E-state index in [1.807, 2.05) is 0 Å². The van der Waals surface area contributed by atoms with Gasteiger partial charge in [0.25, 0.3) is 0 Å². The van der Waals surface area contributed by atoms with E-state index in [-0.39, 0.29) is 35.1 Å². The number of halogens is 2. The Morgan fingerprint density at radius 1 is 1.04 bits per heavy atom. The molecule has 0 bridgehead atoms. The Bertz CT molecular complexity index is 2090. The Balaban J connectivity index is 1.15. The third-order valence-corrected chi connectivity index (χ3v) is 9.84. The fraction of sp³-hybridized carbons (Fsp3) is 0.226. The molecule has 0 atom stereocenters. The second-order valence-electron chi connectivity index (χ2n) is 11.2. The molecular formula is C31H28F2N6O5S. The van der Waals surface area contributed by atoms with Crippen molar-refractivity contribution in [2.75, 3.05) is 29.8 Å². The number of para-hydroxylation sites is 1. The molecule has 11 nitrogen and oxygen atoms in total. The first-order valence-corrected chi connectivity index (χ1v) is 15.6. The van der Waals surface area contributed by atoms with Crippen LogP contribution < -0.4 is 19.5 Å². The molecule has 2 aliphatic rings. The Hall–Kier alpha value is -4.79. The highest BCUT2D eigenvalue weighted by Gasteiger charge is 2.48. The summed E-state index contributed by atoms with van der Waals surface area (Å²) in [6.45, 7) is 2.69. The number of nitrogens with zero attached hydrogens (tertiary/aromatic N) is 3. The van der Waals surface area contributed by atoms with Crippen LogP contribution in [0.5, 0.6) is 11.5 Å². The van der Waals surface area contributed by atoms with E-state index in [1.165, 1.54) is 41.2 Å². The molecule has 4 heterocycles. The molecule has 0 saturated carbocycles. The number of ketones is 1. The van der Waals surface area contributed by atoms with Gasteiger partial charge in [-0.3, -0.25) is 9.10 Å². The number of nitrogens with two attached hydrogens (primary N) is 1. The van der Waals surface area contributed by atoms with E-state index in [9.17, 15) is 17.6 Å². The number of hydrogen-bond donors (Lipinski definition) is 3. The number of rotatable bonds is 6. The summed E-state index contributed by atoms with van der Waals surface area (Å²) in [5, 5.41) is 4.71. The van der Waals surface area contributed by atoms with Gasteiger partial charge in [-0.15, -0.1) is 0 Å². The predicted molar refractivity (Wildman–Crippen MR) is 163 cm³/mol. The van der Waals surface area contributed by atoms with Crippen molar-refractivity contribution >= 4 is 38.4 Å². The number of nitrogen functional groups attached to an aromatic ring is 1. The first kappa shape index (κ1) is 29.0. The Morgan fingerprint density at radius 2 is 1.82 bits per heavy atom. The molecule has 0 unspecified atom stereocenters. The summed E-state index contributed by atoms with van der Waals surface area (Å²) in [4.78, 5) is 16.5. The molecule has 2 aliphatic heterocycles. The maximum absolute atomic E-state index is 15.3. The first-order chi connectivity index (χ1) is 21.5. The normalized spacial score (nSPS) is 17.3. The molecule has 4 N–H and O–H groups in total. The van der Waals surface area contributed by atoms with Gasteiger partial charge in [0, 0.05) is 24.1 Å². The van der Waals surface area contributed by atoms with Crippen molar-refractivity contribution < 1.29 is 31.5 Å². The average molecular weight is 635 g/mol. The minimum atomic E-state index is -3.99. The lowest BCUT2D eigenvalue weighted by molar-refractivity contribution is 0.0537. The molecule has 2 saturated heterocycles. The Labute approximate surface area is 256 Å². The van der Waals surface area contributed by atoms with Gasteiger partial charge in [0.2, 0.25) is 5.78 Å². The van der Waals surface area contributed by atoms with Crippen LogP contribution in [0.1, 0.15) is 34.5 Å². The number of hydrogen-bond acceptors (Lipinski definition) is 7. The molecule has 232 valence electrons. The number of carbonyl (C=O) groups is 1. The summed E-state index contributed by atoms with van der Waals surface area (Å²) in [6.07, 6.45) is 2.30. The van der Waals surface area contributed by atoms with Crippen LogP contribution in [-0.2, 0) is 14.9 Å². The van der Waals surface area contributed by atoms with Crippen molar-refractivity contribution in [3.8, 4) is 17.2 Å². The lowest BCUT2D eigenvalue weighted by atomic mass is 9.91. The summed E-state index contributed by atoms with van der Waals surface area (Å²) in [5.41, 5.74) is 7.45. The van der Waals surface area contributed by atoms with Crippen LogP contribution in [0, 0.1) is 18.6 Å². The molecule has 7 rings (SSSR count). The Kier molecular flexibility index (Phi) is 6.87. The number of carbonyl (C=O) groups excluding carboxylic acids is 1. The minimum Gasteiger partial charge on any atom is -0.454 e. The molecule has 5 aromatic rings. The lowest BCUT2D eigenvalue weighted by Gasteiger charge is -2.31. The van der Waals surface area contributed by atoms with Gasteiger partial charge in [-0.2, -0.15) is 18.2 Å². The van der Waals surface area contributed by atoms with Gasteiger partial charge in [-0.25, -0.2) is 13.5 Å². The number of ether oxygens (including phenoxy) is 2. The fourth-order valence-electron chi connectivity index (χ4n) is 5.87. The number of aryl methyl sites for hydroxylation is 1. The van der Waals surface area contributed by atoms with Crippen molar-refractivity contribution in [2.24, 2.45) is 0 Å². The van der Waals surface area contributed by atoms with Crippen LogP contribution in [0.2, 0.25) is 0 Å². The second-order valence-corrected chi connectivity index (χ2v) is 12.8. The SMILES string of the molecule is Cc1cc(Oc2ccccc2F)ccc1-n1ncc(C(=O)c2cc3cc(F)c(N4CC5(CCOCC5)NS4(=O)=O)cc3[nH]2)c1N. The maximum Gasteiger partial charge on any atom is 0.302 e. The highest BCUT2D eigenvalue weighted by Crippen LogP contribution is 2.36. The van der Waals surface area contributed by atoms with Crippen molar-refractivity contribution in [1.82, 2.24) is 19.5 Å².